The van der Waals surface area contributed by atoms with Crippen LogP contribution in [-0.4, -0.2) is 13.0 Å². The Morgan fingerprint density at radius 2 is 1.59 bits per heavy atom. The molecule has 0 bridgehead atoms. The third-order valence-electron chi connectivity index (χ3n) is 4.17. The Balaban J connectivity index is 1.75. The van der Waals surface area contributed by atoms with Crippen molar-refractivity contribution in [2.75, 3.05) is 12.4 Å². The number of rotatable bonds is 7. The predicted octanol–water partition coefficient (Wildman–Crippen LogP) is 7.02. The minimum atomic E-state index is -0.215. The van der Waals surface area contributed by atoms with E-state index in [2.05, 4.69) is 5.32 Å². The van der Waals surface area contributed by atoms with Gasteiger partial charge in [0.25, 0.3) is 0 Å². The van der Waals surface area contributed by atoms with Crippen molar-refractivity contribution in [3.8, 4) is 17.2 Å². The van der Waals surface area contributed by atoms with Crippen LogP contribution in [0.15, 0.2) is 60.7 Å². The van der Waals surface area contributed by atoms with Crippen molar-refractivity contribution in [3.63, 3.8) is 0 Å². The third kappa shape index (κ3) is 5.57. The van der Waals surface area contributed by atoms with Crippen molar-refractivity contribution in [1.29, 1.82) is 0 Å². The topological polar surface area (TPSA) is 47.6 Å². The second kappa shape index (κ2) is 9.88. The number of methoxy groups -OCH3 is 1. The van der Waals surface area contributed by atoms with Crippen LogP contribution in [0.3, 0.4) is 0 Å². The highest BCUT2D eigenvalue weighted by Crippen LogP contribution is 2.36. The van der Waals surface area contributed by atoms with E-state index in [1.165, 1.54) is 0 Å². The van der Waals surface area contributed by atoms with Gasteiger partial charge in [0, 0.05) is 21.5 Å². The second-order valence-corrected chi connectivity index (χ2v) is 7.39. The number of halogens is 3. The summed E-state index contributed by atoms with van der Waals surface area (Å²) in [4.78, 5) is 12.5. The molecule has 0 aliphatic carbocycles. The number of nitrogens with one attached hydrogen (secondary N) is 1. The number of carbonyl (C=O) groups excluding carboxylic acids is 1. The van der Waals surface area contributed by atoms with Gasteiger partial charge in [-0.3, -0.25) is 4.79 Å². The van der Waals surface area contributed by atoms with E-state index in [1.807, 2.05) is 12.1 Å². The molecule has 0 saturated carbocycles. The van der Waals surface area contributed by atoms with Crippen LogP contribution in [0.5, 0.6) is 17.2 Å². The molecule has 4 nitrogen and oxygen atoms in total. The summed E-state index contributed by atoms with van der Waals surface area (Å²) >= 11 is 18.5. The lowest BCUT2D eigenvalue weighted by atomic mass is 10.1. The summed E-state index contributed by atoms with van der Waals surface area (Å²) in [6.45, 7) is 0. The van der Waals surface area contributed by atoms with Crippen LogP contribution in [0.2, 0.25) is 15.1 Å². The molecule has 0 unspecified atom stereocenters. The summed E-state index contributed by atoms with van der Waals surface area (Å²) in [5, 5.41) is 4.39. The molecule has 7 heteroatoms. The van der Waals surface area contributed by atoms with Crippen molar-refractivity contribution in [2.45, 2.75) is 12.8 Å². The molecule has 3 aromatic carbocycles. The van der Waals surface area contributed by atoms with Crippen LogP contribution < -0.4 is 14.8 Å². The molecule has 150 valence electrons. The molecule has 3 rings (SSSR count). The lowest BCUT2D eigenvalue weighted by Gasteiger charge is -2.15. The lowest BCUT2D eigenvalue weighted by molar-refractivity contribution is -0.116. The van der Waals surface area contributed by atoms with Gasteiger partial charge in [-0.05, 0) is 54.4 Å². The average Bonchev–Trinajstić information content (AvgIpc) is 2.70. The zero-order chi connectivity index (χ0) is 20.8. The van der Waals surface area contributed by atoms with E-state index in [1.54, 1.807) is 55.6 Å². The van der Waals surface area contributed by atoms with Crippen LogP contribution in [-0.2, 0) is 11.2 Å². The molecule has 0 atom stereocenters. The van der Waals surface area contributed by atoms with Gasteiger partial charge in [-0.2, -0.15) is 0 Å². The molecule has 0 fully saturated rings. The van der Waals surface area contributed by atoms with E-state index in [0.717, 1.165) is 5.56 Å². The van der Waals surface area contributed by atoms with Crippen molar-refractivity contribution in [3.05, 3.63) is 81.3 Å². The van der Waals surface area contributed by atoms with Crippen LogP contribution >= 0.6 is 34.8 Å². The molecule has 3 aromatic rings. The van der Waals surface area contributed by atoms with Crippen LogP contribution in [0.1, 0.15) is 12.0 Å². The van der Waals surface area contributed by atoms with Crippen LogP contribution in [0, 0.1) is 0 Å². The third-order valence-corrected chi connectivity index (χ3v) is 5.11. The first-order valence-corrected chi connectivity index (χ1v) is 9.94. The first kappa shape index (κ1) is 21.3. The van der Waals surface area contributed by atoms with Crippen molar-refractivity contribution in [1.82, 2.24) is 0 Å². The Hall–Kier alpha value is -2.40. The van der Waals surface area contributed by atoms with E-state index >= 15 is 0 Å². The Labute approximate surface area is 184 Å². The summed E-state index contributed by atoms with van der Waals surface area (Å²) in [5.74, 6) is 1.33. The van der Waals surface area contributed by atoms with E-state index in [4.69, 9.17) is 44.3 Å². The second-order valence-electron chi connectivity index (χ2n) is 6.14. The largest absolute Gasteiger partial charge is 0.493 e. The first-order valence-electron chi connectivity index (χ1n) is 8.81. The van der Waals surface area contributed by atoms with Gasteiger partial charge >= 0.3 is 0 Å². The zero-order valence-corrected chi connectivity index (χ0v) is 17.8. The molecule has 0 aliphatic rings. The van der Waals surface area contributed by atoms with Gasteiger partial charge in [0.05, 0.1) is 12.8 Å². The molecule has 29 heavy (non-hydrogen) atoms. The molecule has 0 heterocycles. The first-order chi connectivity index (χ1) is 14.0. The highest BCUT2D eigenvalue weighted by Gasteiger charge is 2.13. The summed E-state index contributed by atoms with van der Waals surface area (Å²) in [6, 6.07) is 17.5. The van der Waals surface area contributed by atoms with Crippen molar-refractivity contribution < 1.29 is 14.3 Å². The molecular formula is C22H18Cl3NO3. The van der Waals surface area contributed by atoms with Gasteiger partial charge in [-0.15, -0.1) is 0 Å². The van der Waals surface area contributed by atoms with Gasteiger partial charge < -0.3 is 14.8 Å². The molecule has 0 spiro atoms. The van der Waals surface area contributed by atoms with Gasteiger partial charge in [-0.1, -0.05) is 53.0 Å². The minimum Gasteiger partial charge on any atom is -0.493 e. The fraction of sp³-hybridized carbons (Fsp3) is 0.136. The number of para-hydroxylation sites is 2. The molecule has 0 radical (unpaired) electrons. The number of carbonyl (C=O) groups is 1. The number of hydrogen-bond donors (Lipinski definition) is 1. The van der Waals surface area contributed by atoms with E-state index < -0.39 is 0 Å². The number of amides is 1. The summed E-state index contributed by atoms with van der Waals surface area (Å²) < 4.78 is 11.3. The van der Waals surface area contributed by atoms with E-state index in [9.17, 15) is 4.79 Å². The maximum absolute atomic E-state index is 12.5. The molecule has 1 N–H and O–H groups in total. The molecule has 1 amide bonds. The molecule has 0 aromatic heterocycles. The van der Waals surface area contributed by atoms with Gasteiger partial charge in [-0.25, -0.2) is 0 Å². The fourth-order valence-electron chi connectivity index (χ4n) is 2.73. The zero-order valence-electron chi connectivity index (χ0n) is 15.5. The molecule has 0 aliphatic heterocycles. The Kier molecular flexibility index (Phi) is 7.26. The van der Waals surface area contributed by atoms with Crippen molar-refractivity contribution >= 4 is 46.4 Å². The summed E-state index contributed by atoms with van der Waals surface area (Å²) in [5.41, 5.74) is 1.20. The maximum atomic E-state index is 12.5. The number of hydrogen-bond acceptors (Lipinski definition) is 3. The average molecular weight is 451 g/mol. The standard InChI is InChI=1S/C22H18Cl3NO3/c1-28-20-7-2-3-8-21(20)29-19-11-9-14(23)13-18(19)26-22(27)12-10-15-16(24)5-4-6-17(15)25/h2-9,11,13H,10,12H2,1H3,(H,26,27). The number of anilines is 1. The highest BCUT2D eigenvalue weighted by atomic mass is 35.5. The van der Waals surface area contributed by atoms with Gasteiger partial charge in [0.2, 0.25) is 5.91 Å². The van der Waals surface area contributed by atoms with E-state index in [0.29, 0.717) is 44.4 Å². The predicted molar refractivity (Wildman–Crippen MR) is 118 cm³/mol. The van der Waals surface area contributed by atoms with Crippen molar-refractivity contribution in [2.24, 2.45) is 0 Å². The normalized spacial score (nSPS) is 10.5. The summed E-state index contributed by atoms with van der Waals surface area (Å²) in [6.07, 6.45) is 0.609. The smallest absolute Gasteiger partial charge is 0.224 e. The van der Waals surface area contributed by atoms with Gasteiger partial charge in [0.15, 0.2) is 17.2 Å². The molecule has 0 saturated heterocycles. The molecular weight excluding hydrogens is 433 g/mol. The van der Waals surface area contributed by atoms with E-state index in [-0.39, 0.29) is 12.3 Å². The number of benzene rings is 3. The quantitative estimate of drug-likeness (QED) is 0.421. The Morgan fingerprint density at radius 3 is 2.28 bits per heavy atom. The number of ether oxygens (including phenoxy) is 2. The summed E-state index contributed by atoms with van der Waals surface area (Å²) in [7, 11) is 1.56. The van der Waals surface area contributed by atoms with Crippen LogP contribution in [0.4, 0.5) is 5.69 Å². The highest BCUT2D eigenvalue weighted by molar-refractivity contribution is 6.36. The maximum Gasteiger partial charge on any atom is 0.224 e. The van der Waals surface area contributed by atoms with Crippen LogP contribution in [0.25, 0.3) is 0 Å². The Bertz CT molecular complexity index is 1000. The Morgan fingerprint density at radius 1 is 0.897 bits per heavy atom. The fourth-order valence-corrected chi connectivity index (χ4v) is 3.49. The lowest BCUT2D eigenvalue weighted by Crippen LogP contribution is -2.13. The minimum absolute atomic E-state index is 0.198. The monoisotopic (exact) mass is 449 g/mol. The SMILES string of the molecule is COc1ccccc1Oc1ccc(Cl)cc1NC(=O)CCc1c(Cl)cccc1Cl. The van der Waals surface area contributed by atoms with Gasteiger partial charge in [0.1, 0.15) is 0 Å².